The van der Waals surface area contributed by atoms with Gasteiger partial charge in [0.25, 0.3) is 0 Å². The van der Waals surface area contributed by atoms with Gasteiger partial charge in [0.05, 0.1) is 0 Å². The third-order valence-electron chi connectivity index (χ3n) is 4.16. The molecule has 0 aliphatic carbocycles. The number of rotatable bonds is 1. The molecule has 0 amide bonds. The average Bonchev–Trinajstić information content (AvgIpc) is 2.92. The van der Waals surface area contributed by atoms with Gasteiger partial charge in [0, 0.05) is 16.6 Å². The summed E-state index contributed by atoms with van der Waals surface area (Å²) in [6, 6.07) is 22.3. The Hall–Kier alpha value is -1.73. The van der Waals surface area contributed by atoms with E-state index in [0.29, 0.717) is 5.92 Å². The van der Waals surface area contributed by atoms with Crippen LogP contribution < -0.4 is 0 Å². The summed E-state index contributed by atoms with van der Waals surface area (Å²) in [5, 5.41) is 2.76. The number of hydrogen-bond acceptors (Lipinski definition) is 1. The van der Waals surface area contributed by atoms with Crippen LogP contribution in [-0.2, 0) is 0 Å². The van der Waals surface area contributed by atoms with E-state index in [4.69, 9.17) is 0 Å². The lowest BCUT2D eigenvalue weighted by atomic mass is 9.91. The van der Waals surface area contributed by atoms with Crippen LogP contribution in [0, 0.1) is 6.92 Å². The van der Waals surface area contributed by atoms with Gasteiger partial charge in [-0.15, -0.1) is 11.8 Å². The van der Waals surface area contributed by atoms with E-state index in [9.17, 15) is 0 Å². The van der Waals surface area contributed by atoms with Crippen LogP contribution in [0.15, 0.2) is 65.6 Å². The minimum absolute atomic E-state index is 0.542. The van der Waals surface area contributed by atoms with Crippen molar-refractivity contribution < 1.29 is 0 Å². The molecule has 1 aliphatic rings. The first-order chi connectivity index (χ1) is 9.83. The summed E-state index contributed by atoms with van der Waals surface area (Å²) in [6.07, 6.45) is 0. The SMILES string of the molecule is Cc1ccc(C2CSc3c2ccc2ccccc32)cc1. The van der Waals surface area contributed by atoms with Gasteiger partial charge in [-0.3, -0.25) is 0 Å². The lowest BCUT2D eigenvalue weighted by Crippen LogP contribution is -1.99. The van der Waals surface area contributed by atoms with Gasteiger partial charge < -0.3 is 0 Å². The molecular formula is C19H16S. The Kier molecular flexibility index (Phi) is 2.82. The molecule has 1 unspecified atom stereocenters. The molecule has 1 atom stereocenters. The number of benzene rings is 3. The molecule has 20 heavy (non-hydrogen) atoms. The molecule has 0 saturated heterocycles. The number of aryl methyl sites for hydroxylation is 1. The molecule has 3 aromatic rings. The fourth-order valence-corrected chi connectivity index (χ4v) is 4.45. The van der Waals surface area contributed by atoms with Gasteiger partial charge in [-0.1, -0.05) is 66.2 Å². The quantitative estimate of drug-likeness (QED) is 0.574. The molecule has 0 saturated carbocycles. The zero-order valence-corrected chi connectivity index (χ0v) is 12.3. The highest BCUT2D eigenvalue weighted by atomic mass is 32.2. The smallest absolute Gasteiger partial charge is 0.0195 e. The van der Waals surface area contributed by atoms with Gasteiger partial charge in [-0.05, 0) is 28.8 Å². The molecule has 1 aliphatic heterocycles. The maximum absolute atomic E-state index is 2.32. The van der Waals surface area contributed by atoms with E-state index in [0.717, 1.165) is 5.75 Å². The van der Waals surface area contributed by atoms with E-state index >= 15 is 0 Å². The van der Waals surface area contributed by atoms with Crippen LogP contribution in [0.4, 0.5) is 0 Å². The molecular weight excluding hydrogens is 260 g/mol. The van der Waals surface area contributed by atoms with Gasteiger partial charge in [-0.25, -0.2) is 0 Å². The van der Waals surface area contributed by atoms with E-state index in [1.807, 2.05) is 11.8 Å². The maximum Gasteiger partial charge on any atom is 0.0195 e. The minimum Gasteiger partial charge on any atom is -0.124 e. The van der Waals surface area contributed by atoms with Crippen molar-refractivity contribution in [3.8, 4) is 0 Å². The Bertz CT molecular complexity index is 771. The van der Waals surface area contributed by atoms with Crippen LogP contribution in [0.5, 0.6) is 0 Å². The number of hydrogen-bond donors (Lipinski definition) is 0. The molecule has 0 N–H and O–H groups in total. The Morgan fingerprint density at radius 2 is 1.70 bits per heavy atom. The normalized spacial score (nSPS) is 17.4. The summed E-state index contributed by atoms with van der Waals surface area (Å²) in [6.45, 7) is 2.15. The third-order valence-corrected chi connectivity index (χ3v) is 5.40. The van der Waals surface area contributed by atoms with E-state index < -0.39 is 0 Å². The van der Waals surface area contributed by atoms with Gasteiger partial charge in [0.2, 0.25) is 0 Å². The minimum atomic E-state index is 0.542. The number of fused-ring (bicyclic) bond motifs is 3. The van der Waals surface area contributed by atoms with Gasteiger partial charge in [0.15, 0.2) is 0 Å². The summed E-state index contributed by atoms with van der Waals surface area (Å²) >= 11 is 2.00. The third kappa shape index (κ3) is 1.85. The van der Waals surface area contributed by atoms with Crippen LogP contribution in [0.3, 0.4) is 0 Å². The Balaban J connectivity index is 1.86. The monoisotopic (exact) mass is 276 g/mol. The van der Waals surface area contributed by atoms with Crippen LogP contribution in [0.25, 0.3) is 10.8 Å². The van der Waals surface area contributed by atoms with Crippen molar-refractivity contribution in [2.45, 2.75) is 17.7 Å². The predicted molar refractivity (Wildman–Crippen MR) is 87.7 cm³/mol. The highest BCUT2D eigenvalue weighted by molar-refractivity contribution is 7.99. The first-order valence-electron chi connectivity index (χ1n) is 7.04. The van der Waals surface area contributed by atoms with Crippen LogP contribution in [0.1, 0.15) is 22.6 Å². The lowest BCUT2D eigenvalue weighted by molar-refractivity contribution is 0.941. The second-order valence-electron chi connectivity index (χ2n) is 5.48. The van der Waals surface area contributed by atoms with Gasteiger partial charge in [-0.2, -0.15) is 0 Å². The fourth-order valence-electron chi connectivity index (χ4n) is 3.03. The topological polar surface area (TPSA) is 0 Å². The Morgan fingerprint density at radius 3 is 2.55 bits per heavy atom. The van der Waals surface area contributed by atoms with E-state index in [2.05, 4.69) is 67.6 Å². The van der Waals surface area contributed by atoms with Crippen molar-refractivity contribution in [2.24, 2.45) is 0 Å². The summed E-state index contributed by atoms with van der Waals surface area (Å²) in [7, 11) is 0. The first kappa shape index (κ1) is 12.0. The first-order valence-corrected chi connectivity index (χ1v) is 8.02. The molecule has 0 bridgehead atoms. The molecule has 0 spiro atoms. The molecule has 0 radical (unpaired) electrons. The lowest BCUT2D eigenvalue weighted by Gasteiger charge is -2.12. The molecule has 0 fully saturated rings. The van der Waals surface area contributed by atoms with Crippen LogP contribution in [-0.4, -0.2) is 5.75 Å². The van der Waals surface area contributed by atoms with Gasteiger partial charge in [0.1, 0.15) is 0 Å². The summed E-state index contributed by atoms with van der Waals surface area (Å²) in [5.74, 6) is 1.70. The van der Waals surface area contributed by atoms with Crippen molar-refractivity contribution in [3.63, 3.8) is 0 Å². The van der Waals surface area contributed by atoms with Crippen molar-refractivity contribution in [1.29, 1.82) is 0 Å². The summed E-state index contributed by atoms with van der Waals surface area (Å²) in [4.78, 5) is 1.48. The van der Waals surface area contributed by atoms with Crippen molar-refractivity contribution in [1.82, 2.24) is 0 Å². The van der Waals surface area contributed by atoms with E-state index in [1.165, 1.54) is 32.4 Å². The van der Waals surface area contributed by atoms with Gasteiger partial charge >= 0.3 is 0 Å². The predicted octanol–water partition coefficient (Wildman–Crippen LogP) is 5.39. The number of thioether (sulfide) groups is 1. The largest absolute Gasteiger partial charge is 0.124 e. The zero-order chi connectivity index (χ0) is 13.5. The molecule has 0 nitrogen and oxygen atoms in total. The van der Waals surface area contributed by atoms with Crippen molar-refractivity contribution in [2.75, 3.05) is 5.75 Å². The molecule has 98 valence electrons. The average molecular weight is 276 g/mol. The highest BCUT2D eigenvalue weighted by Crippen LogP contribution is 2.46. The fraction of sp³-hybridized carbons (Fsp3) is 0.158. The Morgan fingerprint density at radius 1 is 0.900 bits per heavy atom. The zero-order valence-electron chi connectivity index (χ0n) is 11.5. The summed E-state index contributed by atoms with van der Waals surface area (Å²) < 4.78 is 0. The standard InChI is InChI=1S/C19H16S/c1-13-6-8-15(9-7-13)18-12-20-19-16-5-3-2-4-14(16)10-11-17(18)19/h2-11,18H,12H2,1H3. The maximum atomic E-state index is 2.32. The van der Waals surface area contributed by atoms with Crippen LogP contribution >= 0.6 is 11.8 Å². The molecule has 0 aromatic heterocycles. The van der Waals surface area contributed by atoms with E-state index in [1.54, 1.807) is 0 Å². The van der Waals surface area contributed by atoms with E-state index in [-0.39, 0.29) is 0 Å². The molecule has 3 aromatic carbocycles. The summed E-state index contributed by atoms with van der Waals surface area (Å²) in [5.41, 5.74) is 4.27. The Labute approximate surface area is 123 Å². The molecule has 1 heterocycles. The molecule has 1 heteroatoms. The molecule has 4 rings (SSSR count). The van der Waals surface area contributed by atoms with Crippen molar-refractivity contribution in [3.05, 3.63) is 77.4 Å². The van der Waals surface area contributed by atoms with Crippen molar-refractivity contribution >= 4 is 22.5 Å². The highest BCUT2D eigenvalue weighted by Gasteiger charge is 2.25. The second kappa shape index (κ2) is 4.68. The van der Waals surface area contributed by atoms with Crippen LogP contribution in [0.2, 0.25) is 0 Å². The second-order valence-corrected chi connectivity index (χ2v) is 6.51.